The fourth-order valence-corrected chi connectivity index (χ4v) is 1.68. The lowest BCUT2D eigenvalue weighted by Gasteiger charge is -2.16. The van der Waals surface area contributed by atoms with E-state index in [0.717, 1.165) is 5.56 Å². The van der Waals surface area contributed by atoms with Crippen molar-refractivity contribution >= 4 is 23.5 Å². The quantitative estimate of drug-likeness (QED) is 0.798. The van der Waals surface area contributed by atoms with Crippen LogP contribution >= 0.6 is 11.6 Å². The molecule has 1 amide bonds. The van der Waals surface area contributed by atoms with Crippen LogP contribution in [0.25, 0.3) is 0 Å². The zero-order chi connectivity index (χ0) is 14.3. The van der Waals surface area contributed by atoms with Crippen LogP contribution in [0.2, 0.25) is 5.02 Å². The predicted molar refractivity (Wildman–Crippen MR) is 71.0 cm³/mol. The molecule has 0 radical (unpaired) electrons. The minimum atomic E-state index is -0.742. The molecule has 1 rings (SSSR count). The Bertz CT molecular complexity index is 433. The molecule has 0 spiro atoms. The summed E-state index contributed by atoms with van der Waals surface area (Å²) >= 11 is 5.79. The molecule has 0 aliphatic rings. The van der Waals surface area contributed by atoms with Crippen LogP contribution < -0.4 is 5.32 Å². The van der Waals surface area contributed by atoms with Gasteiger partial charge in [0, 0.05) is 18.6 Å². The van der Waals surface area contributed by atoms with Gasteiger partial charge in [0.2, 0.25) is 5.91 Å². The van der Waals surface area contributed by atoms with Crippen molar-refractivity contribution in [2.45, 2.75) is 12.5 Å². The lowest BCUT2D eigenvalue weighted by molar-refractivity contribution is -0.145. The first-order valence-corrected chi connectivity index (χ1v) is 6.05. The zero-order valence-corrected chi connectivity index (χ0v) is 11.6. The average molecular weight is 286 g/mol. The highest BCUT2D eigenvalue weighted by Gasteiger charge is 2.21. The van der Waals surface area contributed by atoms with Gasteiger partial charge < -0.3 is 14.8 Å². The van der Waals surface area contributed by atoms with Gasteiger partial charge in [0.1, 0.15) is 12.6 Å². The van der Waals surface area contributed by atoms with Crippen LogP contribution in [-0.2, 0) is 25.5 Å². The lowest BCUT2D eigenvalue weighted by atomic mass is 10.1. The molecule has 104 valence electrons. The molecule has 0 saturated heterocycles. The van der Waals surface area contributed by atoms with Crippen LogP contribution in [0.3, 0.4) is 0 Å². The van der Waals surface area contributed by atoms with Gasteiger partial charge in [-0.1, -0.05) is 23.7 Å². The molecule has 0 aliphatic heterocycles. The third-order valence-electron chi connectivity index (χ3n) is 2.45. The summed E-state index contributed by atoms with van der Waals surface area (Å²) in [5.74, 6) is -0.869. The molecule has 0 bridgehead atoms. The summed E-state index contributed by atoms with van der Waals surface area (Å²) in [6.45, 7) is -0.103. The summed E-state index contributed by atoms with van der Waals surface area (Å²) in [7, 11) is 2.69. The smallest absolute Gasteiger partial charge is 0.328 e. The summed E-state index contributed by atoms with van der Waals surface area (Å²) in [5.41, 5.74) is 0.873. The van der Waals surface area contributed by atoms with Gasteiger partial charge in [-0.25, -0.2) is 4.79 Å². The minimum absolute atomic E-state index is 0.103. The van der Waals surface area contributed by atoms with Gasteiger partial charge in [-0.2, -0.15) is 0 Å². The van der Waals surface area contributed by atoms with E-state index in [1.54, 1.807) is 24.3 Å². The largest absolute Gasteiger partial charge is 0.467 e. The number of nitrogens with one attached hydrogen (secondary N) is 1. The summed E-state index contributed by atoms with van der Waals surface area (Å²) < 4.78 is 9.37. The van der Waals surface area contributed by atoms with Crippen LogP contribution in [-0.4, -0.2) is 38.7 Å². The maximum Gasteiger partial charge on any atom is 0.328 e. The third kappa shape index (κ3) is 5.28. The fourth-order valence-electron chi connectivity index (χ4n) is 1.56. The molecule has 1 N–H and O–H groups in total. The van der Waals surface area contributed by atoms with Crippen LogP contribution in [0.15, 0.2) is 24.3 Å². The Labute approximate surface area is 116 Å². The number of carbonyl (C=O) groups excluding carboxylic acids is 2. The van der Waals surface area contributed by atoms with Gasteiger partial charge in [0.15, 0.2) is 0 Å². The molecule has 0 unspecified atom stereocenters. The van der Waals surface area contributed by atoms with Crippen LogP contribution in [0, 0.1) is 0 Å². The van der Waals surface area contributed by atoms with E-state index in [9.17, 15) is 9.59 Å². The van der Waals surface area contributed by atoms with Gasteiger partial charge in [0.25, 0.3) is 0 Å². The molecule has 1 aromatic carbocycles. The molecular formula is C13H16ClNO4. The molecule has 1 atom stereocenters. The van der Waals surface area contributed by atoms with Crippen molar-refractivity contribution in [1.29, 1.82) is 0 Å². The topological polar surface area (TPSA) is 64.6 Å². The third-order valence-corrected chi connectivity index (χ3v) is 2.70. The number of benzene rings is 1. The Morgan fingerprint density at radius 3 is 2.42 bits per heavy atom. The molecule has 0 aromatic heterocycles. The van der Waals surface area contributed by atoms with Crippen LogP contribution in [0.5, 0.6) is 0 Å². The second-order valence-electron chi connectivity index (χ2n) is 3.91. The molecule has 19 heavy (non-hydrogen) atoms. The highest BCUT2D eigenvalue weighted by atomic mass is 35.5. The average Bonchev–Trinajstić information content (AvgIpc) is 2.40. The standard InChI is InChI=1S/C13H16ClNO4/c1-18-8-12(16)15-11(13(17)19-2)7-9-3-5-10(14)6-4-9/h3-6,11H,7-8H2,1-2H3,(H,15,16)/t11-/m0/s1. The first-order valence-electron chi connectivity index (χ1n) is 5.67. The molecule has 0 aliphatic carbocycles. The van der Waals surface area contributed by atoms with E-state index in [1.807, 2.05) is 0 Å². The van der Waals surface area contributed by atoms with E-state index < -0.39 is 12.0 Å². The van der Waals surface area contributed by atoms with Gasteiger partial charge in [-0.05, 0) is 17.7 Å². The highest BCUT2D eigenvalue weighted by Crippen LogP contribution is 2.11. The maximum absolute atomic E-state index is 11.6. The Hall–Kier alpha value is -1.59. The van der Waals surface area contributed by atoms with E-state index in [-0.39, 0.29) is 12.5 Å². The summed E-state index contributed by atoms with van der Waals surface area (Å²) in [4.78, 5) is 23.1. The molecule has 0 saturated carbocycles. The lowest BCUT2D eigenvalue weighted by Crippen LogP contribution is -2.44. The van der Waals surface area contributed by atoms with Crippen molar-refractivity contribution in [2.24, 2.45) is 0 Å². The number of amides is 1. The van der Waals surface area contributed by atoms with E-state index in [4.69, 9.17) is 16.3 Å². The first-order chi connectivity index (χ1) is 9.06. The number of hydrogen-bond donors (Lipinski definition) is 1. The van der Waals surface area contributed by atoms with Crippen LogP contribution in [0.4, 0.5) is 0 Å². The fraction of sp³-hybridized carbons (Fsp3) is 0.385. The highest BCUT2D eigenvalue weighted by molar-refractivity contribution is 6.30. The van der Waals surface area contributed by atoms with Crippen molar-refractivity contribution in [1.82, 2.24) is 5.32 Å². The molecular weight excluding hydrogens is 270 g/mol. The van der Waals surface area contributed by atoms with Crippen LogP contribution in [0.1, 0.15) is 5.56 Å². The van der Waals surface area contributed by atoms with E-state index in [2.05, 4.69) is 10.1 Å². The number of methoxy groups -OCH3 is 2. The minimum Gasteiger partial charge on any atom is -0.467 e. The van der Waals surface area contributed by atoms with Gasteiger partial charge in [0.05, 0.1) is 7.11 Å². The second-order valence-corrected chi connectivity index (χ2v) is 4.34. The number of halogens is 1. The van der Waals surface area contributed by atoms with Gasteiger partial charge >= 0.3 is 5.97 Å². The Kier molecular flexibility index (Phi) is 6.32. The normalized spacial score (nSPS) is 11.7. The monoisotopic (exact) mass is 285 g/mol. The second kappa shape index (κ2) is 7.76. The SMILES string of the molecule is COCC(=O)N[C@@H](Cc1ccc(Cl)cc1)C(=O)OC. The predicted octanol–water partition coefficient (Wildman–Crippen LogP) is 1.19. The Balaban J connectivity index is 2.71. The number of carbonyl (C=O) groups is 2. The maximum atomic E-state index is 11.6. The number of rotatable bonds is 6. The molecule has 1 aromatic rings. The van der Waals surface area contributed by atoms with Crippen molar-refractivity contribution in [3.63, 3.8) is 0 Å². The van der Waals surface area contributed by atoms with Gasteiger partial charge in [-0.15, -0.1) is 0 Å². The number of ether oxygens (including phenoxy) is 2. The summed E-state index contributed by atoms with van der Waals surface area (Å²) in [6, 6.07) is 6.29. The van der Waals surface area contributed by atoms with Crippen molar-refractivity contribution in [3.8, 4) is 0 Å². The molecule has 6 heteroatoms. The van der Waals surface area contributed by atoms with E-state index in [1.165, 1.54) is 14.2 Å². The summed E-state index contributed by atoms with van der Waals surface area (Å²) in [5, 5.41) is 3.17. The number of hydrogen-bond acceptors (Lipinski definition) is 4. The van der Waals surface area contributed by atoms with Crippen molar-refractivity contribution in [2.75, 3.05) is 20.8 Å². The van der Waals surface area contributed by atoms with E-state index in [0.29, 0.717) is 11.4 Å². The molecule has 5 nitrogen and oxygen atoms in total. The molecule has 0 fully saturated rings. The number of esters is 1. The van der Waals surface area contributed by atoms with Gasteiger partial charge in [-0.3, -0.25) is 4.79 Å². The van der Waals surface area contributed by atoms with Crippen molar-refractivity contribution in [3.05, 3.63) is 34.9 Å². The van der Waals surface area contributed by atoms with E-state index >= 15 is 0 Å². The zero-order valence-electron chi connectivity index (χ0n) is 10.8. The summed E-state index contributed by atoms with van der Waals surface area (Å²) in [6.07, 6.45) is 0.333. The first kappa shape index (κ1) is 15.5. The van der Waals surface area contributed by atoms with Crippen molar-refractivity contribution < 1.29 is 19.1 Å². The molecule has 0 heterocycles. The Morgan fingerprint density at radius 2 is 1.89 bits per heavy atom. The Morgan fingerprint density at radius 1 is 1.26 bits per heavy atom.